The van der Waals surface area contributed by atoms with E-state index in [-0.39, 0.29) is 5.91 Å². The van der Waals surface area contributed by atoms with Crippen molar-refractivity contribution in [3.63, 3.8) is 0 Å². The number of rotatable bonds is 6. The van der Waals surface area contributed by atoms with E-state index in [0.29, 0.717) is 5.56 Å². The Hall–Kier alpha value is -3.14. The lowest BCUT2D eigenvalue weighted by Gasteiger charge is -2.19. The van der Waals surface area contributed by atoms with Gasteiger partial charge in [0.1, 0.15) is 0 Å². The van der Waals surface area contributed by atoms with Crippen LogP contribution in [0.2, 0.25) is 0 Å². The largest absolute Gasteiger partial charge is 0.374 e. The molecular formula is C22H23N3O. The fraction of sp³-hybridized carbons (Fsp3) is 0.182. The van der Waals surface area contributed by atoms with Crippen LogP contribution >= 0.6 is 0 Å². The van der Waals surface area contributed by atoms with Crippen LogP contribution in [0.5, 0.6) is 0 Å². The van der Waals surface area contributed by atoms with Crippen LogP contribution in [0.25, 0.3) is 0 Å². The van der Waals surface area contributed by atoms with E-state index in [1.54, 1.807) is 0 Å². The van der Waals surface area contributed by atoms with Crippen molar-refractivity contribution in [2.75, 3.05) is 23.8 Å². The third-order valence-electron chi connectivity index (χ3n) is 4.36. The van der Waals surface area contributed by atoms with Gasteiger partial charge in [-0.25, -0.2) is 0 Å². The number of hydrogen-bond acceptors (Lipinski definition) is 3. The standard InChI is InChI=1S/C22H23N3O/c1-17-3-5-19(6-4-17)22(26)24-20-7-9-21(10-8-20)25(2)16-13-18-11-14-23-15-12-18/h3-12,14-15H,13,16H2,1-2H3,(H,24,26). The normalized spacial score (nSPS) is 10.4. The second-order valence-electron chi connectivity index (χ2n) is 6.39. The molecule has 1 aromatic heterocycles. The smallest absolute Gasteiger partial charge is 0.255 e. The molecule has 3 rings (SSSR count). The van der Waals surface area contributed by atoms with Crippen molar-refractivity contribution in [2.45, 2.75) is 13.3 Å². The monoisotopic (exact) mass is 345 g/mol. The highest BCUT2D eigenvalue weighted by Crippen LogP contribution is 2.18. The van der Waals surface area contributed by atoms with Gasteiger partial charge in [0.2, 0.25) is 0 Å². The summed E-state index contributed by atoms with van der Waals surface area (Å²) in [5.41, 5.74) is 4.98. The molecule has 0 spiro atoms. The van der Waals surface area contributed by atoms with E-state index in [9.17, 15) is 4.79 Å². The van der Waals surface area contributed by atoms with Crippen LogP contribution < -0.4 is 10.2 Å². The van der Waals surface area contributed by atoms with E-state index in [0.717, 1.165) is 29.9 Å². The first-order valence-electron chi connectivity index (χ1n) is 8.70. The maximum Gasteiger partial charge on any atom is 0.255 e. The van der Waals surface area contributed by atoms with Gasteiger partial charge in [-0.05, 0) is 67.4 Å². The lowest BCUT2D eigenvalue weighted by Crippen LogP contribution is -2.20. The molecule has 1 N–H and O–H groups in total. The summed E-state index contributed by atoms with van der Waals surface area (Å²) < 4.78 is 0. The van der Waals surface area contributed by atoms with Gasteiger partial charge in [0.15, 0.2) is 0 Å². The number of likely N-dealkylation sites (N-methyl/N-ethyl adjacent to an activating group) is 1. The molecule has 0 atom stereocenters. The zero-order chi connectivity index (χ0) is 18.4. The van der Waals surface area contributed by atoms with Crippen LogP contribution in [0.15, 0.2) is 73.1 Å². The summed E-state index contributed by atoms with van der Waals surface area (Å²) >= 11 is 0. The molecule has 0 saturated heterocycles. The number of pyridine rings is 1. The predicted octanol–water partition coefficient (Wildman–Crippen LogP) is 4.32. The molecule has 4 heteroatoms. The Balaban J connectivity index is 1.57. The van der Waals surface area contributed by atoms with Crippen molar-refractivity contribution in [1.29, 1.82) is 0 Å². The summed E-state index contributed by atoms with van der Waals surface area (Å²) in [7, 11) is 2.07. The van der Waals surface area contributed by atoms with Crippen LogP contribution in [-0.4, -0.2) is 24.5 Å². The van der Waals surface area contributed by atoms with Crippen molar-refractivity contribution in [2.24, 2.45) is 0 Å². The number of nitrogens with one attached hydrogen (secondary N) is 1. The van der Waals surface area contributed by atoms with Crippen LogP contribution in [0.3, 0.4) is 0 Å². The Morgan fingerprint density at radius 1 is 0.962 bits per heavy atom. The number of aryl methyl sites for hydroxylation is 1. The maximum atomic E-state index is 12.3. The lowest BCUT2D eigenvalue weighted by atomic mass is 10.1. The molecule has 0 aliphatic carbocycles. The number of carbonyl (C=O) groups excluding carboxylic acids is 1. The van der Waals surface area contributed by atoms with Gasteiger partial charge in [0.05, 0.1) is 0 Å². The Kier molecular flexibility index (Phi) is 5.64. The molecule has 0 saturated carbocycles. The van der Waals surface area contributed by atoms with Gasteiger partial charge in [-0.3, -0.25) is 9.78 Å². The van der Waals surface area contributed by atoms with E-state index in [1.807, 2.05) is 80.0 Å². The number of aromatic nitrogens is 1. The predicted molar refractivity (Wildman–Crippen MR) is 107 cm³/mol. The number of carbonyl (C=O) groups is 1. The summed E-state index contributed by atoms with van der Waals surface area (Å²) in [5.74, 6) is -0.0937. The Morgan fingerprint density at radius 3 is 2.27 bits per heavy atom. The van der Waals surface area contributed by atoms with Gasteiger partial charge in [0, 0.05) is 42.9 Å². The van der Waals surface area contributed by atoms with Gasteiger partial charge >= 0.3 is 0 Å². The molecule has 26 heavy (non-hydrogen) atoms. The molecular weight excluding hydrogens is 322 g/mol. The first kappa shape index (κ1) is 17.7. The average Bonchev–Trinajstić information content (AvgIpc) is 2.68. The molecule has 0 fully saturated rings. The minimum Gasteiger partial charge on any atom is -0.374 e. The van der Waals surface area contributed by atoms with Gasteiger partial charge in [0.25, 0.3) is 5.91 Å². The van der Waals surface area contributed by atoms with Crippen LogP contribution in [0.4, 0.5) is 11.4 Å². The number of benzene rings is 2. The minimum absolute atomic E-state index is 0.0937. The third kappa shape index (κ3) is 4.70. The van der Waals surface area contributed by atoms with Gasteiger partial charge < -0.3 is 10.2 Å². The van der Waals surface area contributed by atoms with E-state index < -0.39 is 0 Å². The second kappa shape index (κ2) is 8.30. The van der Waals surface area contributed by atoms with Crippen LogP contribution in [-0.2, 0) is 6.42 Å². The topological polar surface area (TPSA) is 45.2 Å². The third-order valence-corrected chi connectivity index (χ3v) is 4.36. The highest BCUT2D eigenvalue weighted by molar-refractivity contribution is 6.04. The lowest BCUT2D eigenvalue weighted by molar-refractivity contribution is 0.102. The van der Waals surface area contributed by atoms with Gasteiger partial charge in [-0.2, -0.15) is 0 Å². The number of hydrogen-bond donors (Lipinski definition) is 1. The summed E-state index contributed by atoms with van der Waals surface area (Å²) in [6.07, 6.45) is 4.60. The highest BCUT2D eigenvalue weighted by atomic mass is 16.1. The van der Waals surface area contributed by atoms with Crippen LogP contribution in [0.1, 0.15) is 21.5 Å². The van der Waals surface area contributed by atoms with E-state index in [2.05, 4.69) is 22.2 Å². The zero-order valence-corrected chi connectivity index (χ0v) is 15.1. The van der Waals surface area contributed by atoms with E-state index >= 15 is 0 Å². The molecule has 0 radical (unpaired) electrons. The van der Waals surface area contributed by atoms with Crippen molar-refractivity contribution in [3.05, 3.63) is 89.7 Å². The van der Waals surface area contributed by atoms with Crippen molar-refractivity contribution >= 4 is 17.3 Å². The number of amides is 1. The SMILES string of the molecule is Cc1ccc(C(=O)Nc2ccc(N(C)CCc3ccncc3)cc2)cc1. The quantitative estimate of drug-likeness (QED) is 0.723. The molecule has 2 aromatic carbocycles. The Bertz CT molecular complexity index is 843. The molecule has 0 unspecified atom stereocenters. The van der Waals surface area contributed by atoms with Crippen molar-refractivity contribution in [3.8, 4) is 0 Å². The molecule has 3 aromatic rings. The van der Waals surface area contributed by atoms with E-state index in [1.165, 1.54) is 5.56 Å². The van der Waals surface area contributed by atoms with Crippen LogP contribution in [0, 0.1) is 6.92 Å². The fourth-order valence-corrected chi connectivity index (χ4v) is 2.68. The highest BCUT2D eigenvalue weighted by Gasteiger charge is 2.06. The molecule has 0 aliphatic heterocycles. The number of nitrogens with zero attached hydrogens (tertiary/aromatic N) is 2. The Morgan fingerprint density at radius 2 is 1.62 bits per heavy atom. The molecule has 1 amide bonds. The molecule has 1 heterocycles. The van der Waals surface area contributed by atoms with Crippen molar-refractivity contribution in [1.82, 2.24) is 4.98 Å². The van der Waals surface area contributed by atoms with E-state index in [4.69, 9.17) is 0 Å². The summed E-state index contributed by atoms with van der Waals surface area (Å²) in [4.78, 5) is 18.5. The first-order chi connectivity index (χ1) is 12.6. The summed E-state index contributed by atoms with van der Waals surface area (Å²) in [6.45, 7) is 2.92. The molecule has 4 nitrogen and oxygen atoms in total. The second-order valence-corrected chi connectivity index (χ2v) is 6.39. The van der Waals surface area contributed by atoms with Gasteiger partial charge in [-0.1, -0.05) is 17.7 Å². The van der Waals surface area contributed by atoms with Crippen molar-refractivity contribution < 1.29 is 4.79 Å². The van der Waals surface area contributed by atoms with Gasteiger partial charge in [-0.15, -0.1) is 0 Å². The first-order valence-corrected chi connectivity index (χ1v) is 8.70. The Labute approximate surface area is 154 Å². The fourth-order valence-electron chi connectivity index (χ4n) is 2.68. The number of anilines is 2. The maximum absolute atomic E-state index is 12.3. The minimum atomic E-state index is -0.0937. The molecule has 132 valence electrons. The summed E-state index contributed by atoms with van der Waals surface area (Å²) in [5, 5.41) is 2.94. The zero-order valence-electron chi connectivity index (χ0n) is 15.1. The molecule has 0 bridgehead atoms. The summed E-state index contributed by atoms with van der Waals surface area (Å²) in [6, 6.07) is 19.6. The average molecular weight is 345 g/mol. The molecule has 0 aliphatic rings.